The predicted molar refractivity (Wildman–Crippen MR) is 67.3 cm³/mol. The number of hydrogen-bond donors (Lipinski definition) is 2. The number of hydrogen-bond acceptors (Lipinski definition) is 2. The fourth-order valence-electron chi connectivity index (χ4n) is 3.92. The van der Waals surface area contributed by atoms with Gasteiger partial charge in [-0.25, -0.2) is 0 Å². The van der Waals surface area contributed by atoms with Crippen LogP contribution in [0.4, 0.5) is 0 Å². The molecule has 2 heteroatoms. The summed E-state index contributed by atoms with van der Waals surface area (Å²) in [5, 5.41) is 12.8. The molecule has 0 amide bonds. The lowest BCUT2D eigenvalue weighted by Gasteiger charge is -2.40. The van der Waals surface area contributed by atoms with Crippen LogP contribution in [0.1, 0.15) is 47.0 Å². The van der Waals surface area contributed by atoms with Gasteiger partial charge in [-0.05, 0) is 41.9 Å². The average molecular weight is 225 g/mol. The fraction of sp³-hybridized carbons (Fsp3) is 1.00. The van der Waals surface area contributed by atoms with Gasteiger partial charge in [-0.15, -0.1) is 0 Å². The third-order valence-electron chi connectivity index (χ3n) is 5.82. The van der Waals surface area contributed by atoms with Crippen LogP contribution in [0, 0.1) is 22.7 Å². The molecule has 2 fully saturated rings. The van der Waals surface area contributed by atoms with Crippen molar-refractivity contribution in [1.82, 2.24) is 5.32 Å². The van der Waals surface area contributed by atoms with E-state index in [2.05, 4.69) is 33.0 Å². The Hall–Kier alpha value is -0.0800. The largest absolute Gasteiger partial charge is 0.396 e. The molecule has 2 rings (SSSR count). The maximum Gasteiger partial charge on any atom is 0.0468 e. The molecule has 0 aliphatic heterocycles. The first-order chi connectivity index (χ1) is 7.41. The van der Waals surface area contributed by atoms with Crippen LogP contribution in [0.15, 0.2) is 0 Å². The molecule has 2 nitrogen and oxygen atoms in total. The minimum absolute atomic E-state index is 0.295. The highest BCUT2D eigenvalue weighted by molar-refractivity contribution is 5.12. The molecule has 2 bridgehead atoms. The Bertz CT molecular complexity index is 263. The summed E-state index contributed by atoms with van der Waals surface area (Å²) < 4.78 is 0. The Balaban J connectivity index is 1.99. The zero-order valence-electron chi connectivity index (χ0n) is 11.2. The molecule has 0 aromatic heterocycles. The van der Waals surface area contributed by atoms with Crippen LogP contribution >= 0.6 is 0 Å². The Morgan fingerprint density at radius 2 is 2.06 bits per heavy atom. The topological polar surface area (TPSA) is 32.3 Å². The Labute approximate surface area is 99.8 Å². The van der Waals surface area contributed by atoms with Gasteiger partial charge in [0.25, 0.3) is 0 Å². The standard InChI is InChI=1S/C14H27NO/c1-10(9-16)8-15-12-7-11-5-6-14(12,4)13(11,2)3/h10-12,15-16H,5-9H2,1-4H3/t10?,11-,12?,14+/m0/s1. The van der Waals surface area contributed by atoms with Gasteiger partial charge in [0.05, 0.1) is 0 Å². The molecular formula is C14H27NO. The molecule has 0 saturated heterocycles. The summed E-state index contributed by atoms with van der Waals surface area (Å²) in [7, 11) is 0. The normalized spacial score (nSPS) is 42.6. The lowest BCUT2D eigenvalue weighted by molar-refractivity contribution is 0.116. The van der Waals surface area contributed by atoms with E-state index in [4.69, 9.17) is 5.11 Å². The molecule has 94 valence electrons. The predicted octanol–water partition coefficient (Wildman–Crippen LogP) is 2.42. The van der Waals surface area contributed by atoms with Crippen LogP contribution in [0.2, 0.25) is 0 Å². The second-order valence-corrected chi connectivity index (χ2v) is 6.86. The van der Waals surface area contributed by atoms with Crippen molar-refractivity contribution in [2.75, 3.05) is 13.2 Å². The summed E-state index contributed by atoms with van der Waals surface area (Å²) in [4.78, 5) is 0. The van der Waals surface area contributed by atoms with Crippen LogP contribution < -0.4 is 5.32 Å². The Kier molecular flexibility index (Phi) is 3.09. The van der Waals surface area contributed by atoms with Crippen LogP contribution in [0.3, 0.4) is 0 Å². The third kappa shape index (κ3) is 1.62. The van der Waals surface area contributed by atoms with Crippen molar-refractivity contribution < 1.29 is 5.11 Å². The number of fused-ring (bicyclic) bond motifs is 2. The van der Waals surface area contributed by atoms with Crippen LogP contribution in [-0.4, -0.2) is 24.3 Å². The first kappa shape index (κ1) is 12.4. The van der Waals surface area contributed by atoms with Gasteiger partial charge < -0.3 is 10.4 Å². The first-order valence-electron chi connectivity index (χ1n) is 6.76. The minimum Gasteiger partial charge on any atom is -0.396 e. The molecule has 0 radical (unpaired) electrons. The van der Waals surface area contributed by atoms with Gasteiger partial charge in [0.15, 0.2) is 0 Å². The van der Waals surface area contributed by atoms with E-state index in [1.807, 2.05) is 0 Å². The van der Waals surface area contributed by atoms with Gasteiger partial charge >= 0.3 is 0 Å². The van der Waals surface area contributed by atoms with E-state index in [9.17, 15) is 0 Å². The molecule has 0 heterocycles. The number of rotatable bonds is 4. The van der Waals surface area contributed by atoms with E-state index in [1.165, 1.54) is 19.3 Å². The Morgan fingerprint density at radius 3 is 2.50 bits per heavy atom. The molecule has 2 aliphatic rings. The minimum atomic E-state index is 0.295. The zero-order valence-corrected chi connectivity index (χ0v) is 11.2. The van der Waals surface area contributed by atoms with Crippen LogP contribution in [-0.2, 0) is 0 Å². The van der Waals surface area contributed by atoms with Crippen LogP contribution in [0.5, 0.6) is 0 Å². The molecule has 0 aromatic rings. The lowest BCUT2D eigenvalue weighted by atomic mass is 9.69. The van der Waals surface area contributed by atoms with E-state index in [0.717, 1.165) is 12.5 Å². The third-order valence-corrected chi connectivity index (χ3v) is 5.82. The molecular weight excluding hydrogens is 198 g/mol. The summed E-state index contributed by atoms with van der Waals surface area (Å²) in [6, 6.07) is 0.662. The highest BCUT2D eigenvalue weighted by atomic mass is 16.3. The van der Waals surface area contributed by atoms with Gasteiger partial charge in [0.2, 0.25) is 0 Å². The van der Waals surface area contributed by atoms with Gasteiger partial charge in [-0.2, -0.15) is 0 Å². The van der Waals surface area contributed by atoms with Crippen molar-refractivity contribution in [1.29, 1.82) is 0 Å². The molecule has 4 atom stereocenters. The van der Waals surface area contributed by atoms with Crippen molar-refractivity contribution in [2.45, 2.75) is 53.0 Å². The van der Waals surface area contributed by atoms with E-state index >= 15 is 0 Å². The summed E-state index contributed by atoms with van der Waals surface area (Å²) in [6.45, 7) is 10.7. The number of nitrogens with one attached hydrogen (secondary N) is 1. The van der Waals surface area contributed by atoms with Crippen molar-refractivity contribution in [3.05, 3.63) is 0 Å². The fourth-order valence-corrected chi connectivity index (χ4v) is 3.92. The van der Waals surface area contributed by atoms with Gasteiger partial charge in [-0.1, -0.05) is 27.7 Å². The van der Waals surface area contributed by atoms with Crippen molar-refractivity contribution in [3.8, 4) is 0 Å². The summed E-state index contributed by atoms with van der Waals surface area (Å²) in [5.41, 5.74) is 0.958. The van der Waals surface area contributed by atoms with Crippen LogP contribution in [0.25, 0.3) is 0 Å². The van der Waals surface area contributed by atoms with E-state index in [-0.39, 0.29) is 0 Å². The quantitative estimate of drug-likeness (QED) is 0.770. The molecule has 0 spiro atoms. The van der Waals surface area contributed by atoms with Gasteiger partial charge in [0.1, 0.15) is 0 Å². The van der Waals surface area contributed by atoms with Crippen molar-refractivity contribution in [2.24, 2.45) is 22.7 Å². The van der Waals surface area contributed by atoms with Gasteiger partial charge in [-0.3, -0.25) is 0 Å². The molecule has 2 unspecified atom stereocenters. The first-order valence-corrected chi connectivity index (χ1v) is 6.76. The van der Waals surface area contributed by atoms with E-state index < -0.39 is 0 Å². The number of aliphatic hydroxyl groups excluding tert-OH is 1. The van der Waals surface area contributed by atoms with E-state index in [0.29, 0.717) is 29.4 Å². The number of aliphatic hydroxyl groups is 1. The smallest absolute Gasteiger partial charge is 0.0468 e. The van der Waals surface area contributed by atoms with Crippen molar-refractivity contribution >= 4 is 0 Å². The second-order valence-electron chi connectivity index (χ2n) is 6.86. The SMILES string of the molecule is CC(CO)CNC1C[C@@H]2CC[C@@]1(C)C2(C)C. The molecule has 2 N–H and O–H groups in total. The highest BCUT2D eigenvalue weighted by Gasteiger charge is 2.60. The zero-order chi connectivity index (χ0) is 12.0. The summed E-state index contributed by atoms with van der Waals surface area (Å²) >= 11 is 0. The second kappa shape index (κ2) is 3.99. The lowest BCUT2D eigenvalue weighted by Crippen LogP contribution is -2.46. The van der Waals surface area contributed by atoms with E-state index in [1.54, 1.807) is 0 Å². The molecule has 0 aromatic carbocycles. The monoisotopic (exact) mass is 225 g/mol. The van der Waals surface area contributed by atoms with Crippen molar-refractivity contribution in [3.63, 3.8) is 0 Å². The molecule has 2 aliphatic carbocycles. The van der Waals surface area contributed by atoms with Gasteiger partial charge in [0, 0.05) is 19.2 Å². The Morgan fingerprint density at radius 1 is 1.38 bits per heavy atom. The molecule has 2 saturated carbocycles. The maximum absolute atomic E-state index is 9.07. The molecule has 16 heavy (non-hydrogen) atoms. The maximum atomic E-state index is 9.07. The average Bonchev–Trinajstić information content (AvgIpc) is 2.58. The summed E-state index contributed by atoms with van der Waals surface area (Å²) in [6.07, 6.45) is 4.12. The highest BCUT2D eigenvalue weighted by Crippen LogP contribution is 2.65. The summed E-state index contributed by atoms with van der Waals surface area (Å²) in [5.74, 6) is 1.28.